The number of benzene rings is 1. The number of nitro groups is 1. The first-order valence-electron chi connectivity index (χ1n) is 5.20. The van der Waals surface area contributed by atoms with Crippen molar-refractivity contribution in [2.45, 2.75) is 0 Å². The third-order valence-electron chi connectivity index (χ3n) is 2.32. The van der Waals surface area contributed by atoms with Crippen LogP contribution < -0.4 is 9.47 Å². The first kappa shape index (κ1) is 14.5. The van der Waals surface area contributed by atoms with Crippen LogP contribution in [0.25, 0.3) is 6.08 Å². The van der Waals surface area contributed by atoms with Crippen molar-refractivity contribution in [1.29, 1.82) is 0 Å². The highest BCUT2D eigenvalue weighted by Crippen LogP contribution is 2.26. The number of carbonyl (C=O) groups is 1. The van der Waals surface area contributed by atoms with E-state index in [2.05, 4.69) is 4.74 Å². The van der Waals surface area contributed by atoms with Gasteiger partial charge in [0.05, 0.1) is 26.3 Å². The molecule has 0 amide bonds. The fraction of sp³-hybridized carbons (Fsp3) is 0.250. The van der Waals surface area contributed by atoms with E-state index in [0.717, 1.165) is 13.2 Å². The zero-order valence-corrected chi connectivity index (χ0v) is 10.7. The van der Waals surface area contributed by atoms with Gasteiger partial charge in [0.25, 0.3) is 0 Å². The van der Waals surface area contributed by atoms with E-state index in [0.29, 0.717) is 17.1 Å². The van der Waals surface area contributed by atoms with Gasteiger partial charge in [0.15, 0.2) is 0 Å². The van der Waals surface area contributed by atoms with Crippen LogP contribution in [0.4, 0.5) is 0 Å². The SMILES string of the molecule is COC(=O)/C(=C/c1ccc(OC)cc1OC)[N+](=O)[O-]. The first-order chi connectivity index (χ1) is 9.03. The van der Waals surface area contributed by atoms with Crippen LogP contribution >= 0.6 is 0 Å². The van der Waals surface area contributed by atoms with E-state index >= 15 is 0 Å². The van der Waals surface area contributed by atoms with Gasteiger partial charge in [-0.25, -0.2) is 4.79 Å². The van der Waals surface area contributed by atoms with Crippen molar-refractivity contribution in [2.24, 2.45) is 0 Å². The molecule has 7 nitrogen and oxygen atoms in total. The number of hydrogen-bond donors (Lipinski definition) is 0. The normalized spacial score (nSPS) is 10.8. The van der Waals surface area contributed by atoms with Gasteiger partial charge in [-0.2, -0.15) is 0 Å². The Morgan fingerprint density at radius 2 is 1.95 bits per heavy atom. The van der Waals surface area contributed by atoms with Crippen LogP contribution in [0.5, 0.6) is 11.5 Å². The second-order valence-electron chi connectivity index (χ2n) is 3.39. The Morgan fingerprint density at radius 1 is 1.26 bits per heavy atom. The Morgan fingerprint density at radius 3 is 2.42 bits per heavy atom. The fourth-order valence-corrected chi connectivity index (χ4v) is 1.38. The zero-order chi connectivity index (χ0) is 14.4. The number of carbonyl (C=O) groups excluding carboxylic acids is 1. The summed E-state index contributed by atoms with van der Waals surface area (Å²) in [5.74, 6) is -0.139. The molecule has 0 aliphatic carbocycles. The van der Waals surface area contributed by atoms with Crippen LogP contribution in [0.2, 0.25) is 0 Å². The van der Waals surface area contributed by atoms with Gasteiger partial charge in [-0.05, 0) is 12.1 Å². The lowest BCUT2D eigenvalue weighted by Crippen LogP contribution is -2.12. The van der Waals surface area contributed by atoms with E-state index in [1.54, 1.807) is 18.2 Å². The van der Waals surface area contributed by atoms with Crippen LogP contribution in [-0.4, -0.2) is 32.2 Å². The van der Waals surface area contributed by atoms with Crippen LogP contribution in [0.15, 0.2) is 23.9 Å². The summed E-state index contributed by atoms with van der Waals surface area (Å²) in [5.41, 5.74) is -0.300. The Bertz CT molecular complexity index is 523. The molecule has 0 N–H and O–H groups in total. The third-order valence-corrected chi connectivity index (χ3v) is 2.32. The van der Waals surface area contributed by atoms with E-state index in [-0.39, 0.29) is 0 Å². The maximum absolute atomic E-state index is 11.3. The van der Waals surface area contributed by atoms with Crippen molar-refractivity contribution in [3.8, 4) is 11.5 Å². The van der Waals surface area contributed by atoms with Crippen molar-refractivity contribution >= 4 is 12.0 Å². The van der Waals surface area contributed by atoms with Crippen molar-refractivity contribution < 1.29 is 23.9 Å². The number of hydrogen-bond acceptors (Lipinski definition) is 6. The molecule has 0 aliphatic heterocycles. The van der Waals surface area contributed by atoms with Crippen LogP contribution in [0.1, 0.15) is 5.56 Å². The fourth-order valence-electron chi connectivity index (χ4n) is 1.38. The Hall–Kier alpha value is -2.57. The van der Waals surface area contributed by atoms with E-state index in [1.165, 1.54) is 14.2 Å². The summed E-state index contributed by atoms with van der Waals surface area (Å²) in [6.07, 6.45) is 1.09. The van der Waals surface area contributed by atoms with Crippen LogP contribution in [0, 0.1) is 10.1 Å². The molecule has 0 radical (unpaired) electrons. The number of nitrogens with zero attached hydrogens (tertiary/aromatic N) is 1. The second kappa shape index (κ2) is 6.39. The van der Waals surface area contributed by atoms with Gasteiger partial charge < -0.3 is 14.2 Å². The van der Waals surface area contributed by atoms with E-state index in [9.17, 15) is 14.9 Å². The molecule has 0 unspecified atom stereocenters. The molecule has 7 heteroatoms. The standard InChI is InChI=1S/C12H13NO6/c1-17-9-5-4-8(11(7-9)18-2)6-10(13(15)16)12(14)19-3/h4-7H,1-3H3/b10-6-. The van der Waals surface area contributed by atoms with Crippen molar-refractivity contribution in [2.75, 3.05) is 21.3 Å². The number of rotatable bonds is 5. The molecule has 0 aliphatic rings. The lowest BCUT2D eigenvalue weighted by Gasteiger charge is -2.07. The van der Waals surface area contributed by atoms with E-state index < -0.39 is 16.6 Å². The molecule has 0 saturated carbocycles. The Balaban J connectivity index is 3.28. The van der Waals surface area contributed by atoms with Crippen molar-refractivity contribution in [3.63, 3.8) is 0 Å². The van der Waals surface area contributed by atoms with Gasteiger partial charge in [0, 0.05) is 17.7 Å². The van der Waals surface area contributed by atoms with Gasteiger partial charge >= 0.3 is 11.7 Å². The molecule has 1 aromatic carbocycles. The average molecular weight is 267 g/mol. The highest BCUT2D eigenvalue weighted by atomic mass is 16.6. The summed E-state index contributed by atoms with van der Waals surface area (Å²) in [5, 5.41) is 10.8. The van der Waals surface area contributed by atoms with Crippen molar-refractivity contribution in [3.05, 3.63) is 39.6 Å². The largest absolute Gasteiger partial charge is 0.497 e. The quantitative estimate of drug-likeness (QED) is 0.347. The number of ether oxygens (including phenoxy) is 3. The Labute approximate surface area is 109 Å². The molecule has 19 heavy (non-hydrogen) atoms. The molecule has 0 bridgehead atoms. The summed E-state index contributed by atoms with van der Waals surface area (Å²) < 4.78 is 14.4. The molecule has 1 rings (SSSR count). The van der Waals surface area contributed by atoms with Crippen LogP contribution in [0.3, 0.4) is 0 Å². The molecule has 0 spiro atoms. The predicted octanol–water partition coefficient (Wildman–Crippen LogP) is 1.49. The molecule has 0 saturated heterocycles. The van der Waals surface area contributed by atoms with E-state index in [4.69, 9.17) is 9.47 Å². The molecule has 0 aromatic heterocycles. The molecule has 1 aromatic rings. The molecule has 0 fully saturated rings. The third kappa shape index (κ3) is 3.44. The topological polar surface area (TPSA) is 87.9 Å². The minimum atomic E-state index is -1.03. The maximum Gasteiger partial charge on any atom is 0.409 e. The molecule has 102 valence electrons. The monoisotopic (exact) mass is 267 g/mol. The van der Waals surface area contributed by atoms with Gasteiger partial charge in [-0.3, -0.25) is 10.1 Å². The van der Waals surface area contributed by atoms with Gasteiger partial charge in [0.1, 0.15) is 11.5 Å². The lowest BCUT2D eigenvalue weighted by atomic mass is 10.1. The molecular formula is C12H13NO6. The summed E-state index contributed by atoms with van der Waals surface area (Å²) >= 11 is 0. The van der Waals surface area contributed by atoms with Crippen LogP contribution in [-0.2, 0) is 9.53 Å². The highest BCUT2D eigenvalue weighted by molar-refractivity contribution is 5.91. The lowest BCUT2D eigenvalue weighted by molar-refractivity contribution is -0.419. The van der Waals surface area contributed by atoms with Gasteiger partial charge in [-0.15, -0.1) is 0 Å². The first-order valence-corrected chi connectivity index (χ1v) is 5.20. The minimum absolute atomic E-state index is 0.350. The summed E-state index contributed by atoms with van der Waals surface area (Å²) in [7, 11) is 3.97. The molecular weight excluding hydrogens is 254 g/mol. The maximum atomic E-state index is 11.3. The Kier molecular flexibility index (Phi) is 4.87. The summed E-state index contributed by atoms with van der Waals surface area (Å²) in [6.45, 7) is 0. The molecule has 0 heterocycles. The number of esters is 1. The number of methoxy groups -OCH3 is 3. The zero-order valence-electron chi connectivity index (χ0n) is 10.7. The molecule has 0 atom stereocenters. The second-order valence-corrected chi connectivity index (χ2v) is 3.39. The predicted molar refractivity (Wildman–Crippen MR) is 66.5 cm³/mol. The van der Waals surface area contributed by atoms with E-state index in [1.807, 2.05) is 0 Å². The average Bonchev–Trinajstić information content (AvgIpc) is 2.43. The summed E-state index contributed by atoms with van der Waals surface area (Å²) in [6, 6.07) is 4.70. The highest BCUT2D eigenvalue weighted by Gasteiger charge is 2.23. The van der Waals surface area contributed by atoms with Gasteiger partial charge in [-0.1, -0.05) is 0 Å². The summed E-state index contributed by atoms with van der Waals surface area (Å²) in [4.78, 5) is 21.3. The van der Waals surface area contributed by atoms with Crippen molar-refractivity contribution in [1.82, 2.24) is 0 Å². The van der Waals surface area contributed by atoms with Gasteiger partial charge in [0.2, 0.25) is 0 Å². The minimum Gasteiger partial charge on any atom is -0.497 e. The smallest absolute Gasteiger partial charge is 0.409 e.